The smallest absolute Gasteiger partial charge is 0.191 e. The molecule has 0 spiro atoms. The number of hydrogen-bond donors (Lipinski definition) is 1. The molecular formula is C24H26ClN3O2. The van der Waals surface area contributed by atoms with E-state index in [-0.39, 0.29) is 12.2 Å². The number of rotatable bonds is 7. The molecule has 30 heavy (non-hydrogen) atoms. The van der Waals surface area contributed by atoms with Crippen molar-refractivity contribution >= 4 is 17.4 Å². The Hall–Kier alpha value is -2.47. The predicted molar refractivity (Wildman–Crippen MR) is 119 cm³/mol. The largest absolute Gasteiger partial charge is 0.445 e. The molecule has 0 radical (unpaired) electrons. The molecule has 1 unspecified atom stereocenters. The maximum atomic E-state index is 13.0. The monoisotopic (exact) mass is 423 g/mol. The van der Waals surface area contributed by atoms with Gasteiger partial charge in [0.1, 0.15) is 11.5 Å². The number of oxazole rings is 1. The van der Waals surface area contributed by atoms with Gasteiger partial charge in [0.25, 0.3) is 0 Å². The number of piperazine rings is 1. The number of nitrogens with one attached hydrogen (secondary N) is 1. The molecule has 2 aromatic carbocycles. The maximum Gasteiger partial charge on any atom is 0.191 e. The normalized spacial score (nSPS) is 17.2. The number of carbonyl (C=O) groups excluding carboxylic acids is 1. The third kappa shape index (κ3) is 5.17. The van der Waals surface area contributed by atoms with Crippen molar-refractivity contribution < 1.29 is 9.21 Å². The minimum Gasteiger partial charge on any atom is -0.445 e. The molecule has 1 saturated heterocycles. The SMILES string of the molecule is Cc1nc(-c2ccc(Cl)cc2)c(CC(=O)CN2CCNCC2Cc2ccccc2)o1. The van der Waals surface area contributed by atoms with Gasteiger partial charge in [-0.2, -0.15) is 0 Å². The molecule has 1 aromatic heterocycles. The number of hydrogen-bond acceptors (Lipinski definition) is 5. The first kappa shape index (κ1) is 20.8. The molecule has 5 nitrogen and oxygen atoms in total. The molecule has 2 heterocycles. The lowest BCUT2D eigenvalue weighted by atomic mass is 10.0. The molecule has 0 bridgehead atoms. The second kappa shape index (κ2) is 9.56. The minimum absolute atomic E-state index is 0.140. The summed E-state index contributed by atoms with van der Waals surface area (Å²) in [4.78, 5) is 19.7. The molecule has 0 saturated carbocycles. The van der Waals surface area contributed by atoms with E-state index in [2.05, 4.69) is 39.5 Å². The predicted octanol–water partition coefficient (Wildman–Crippen LogP) is 3.93. The summed E-state index contributed by atoms with van der Waals surface area (Å²) < 4.78 is 5.79. The van der Waals surface area contributed by atoms with E-state index < -0.39 is 0 Å². The fourth-order valence-corrected chi connectivity index (χ4v) is 4.11. The molecule has 156 valence electrons. The quantitative estimate of drug-likeness (QED) is 0.624. The first-order chi connectivity index (χ1) is 14.6. The standard InChI is InChI=1S/C24H26ClN3O2/c1-17-27-24(19-7-9-20(25)10-8-19)23(30-17)14-22(29)16-28-12-11-26-15-21(28)13-18-5-3-2-4-6-18/h2-10,21,26H,11-16H2,1H3. The van der Waals surface area contributed by atoms with Crippen LogP contribution < -0.4 is 5.32 Å². The van der Waals surface area contributed by atoms with Crippen molar-refractivity contribution in [2.24, 2.45) is 0 Å². The Kier molecular flexibility index (Phi) is 6.62. The average molecular weight is 424 g/mol. The molecule has 1 atom stereocenters. The number of carbonyl (C=O) groups is 1. The van der Waals surface area contributed by atoms with E-state index in [0.717, 1.165) is 37.3 Å². The van der Waals surface area contributed by atoms with Gasteiger partial charge in [0.15, 0.2) is 11.7 Å². The molecule has 1 aliphatic rings. The van der Waals surface area contributed by atoms with E-state index >= 15 is 0 Å². The average Bonchev–Trinajstić information content (AvgIpc) is 3.10. The van der Waals surface area contributed by atoms with Crippen LogP contribution in [0.5, 0.6) is 0 Å². The number of halogens is 1. The van der Waals surface area contributed by atoms with Crippen molar-refractivity contribution in [1.82, 2.24) is 15.2 Å². The third-order valence-corrected chi connectivity index (χ3v) is 5.70. The van der Waals surface area contributed by atoms with Crippen molar-refractivity contribution in [1.29, 1.82) is 0 Å². The first-order valence-electron chi connectivity index (χ1n) is 10.3. The summed E-state index contributed by atoms with van der Waals surface area (Å²) in [6.45, 7) is 4.87. The topological polar surface area (TPSA) is 58.4 Å². The van der Waals surface area contributed by atoms with Crippen molar-refractivity contribution in [3.8, 4) is 11.3 Å². The highest BCUT2D eigenvalue weighted by atomic mass is 35.5. The lowest BCUT2D eigenvalue weighted by Crippen LogP contribution is -2.53. The molecular weight excluding hydrogens is 398 g/mol. The third-order valence-electron chi connectivity index (χ3n) is 5.45. The number of Topliss-reactive ketones (excluding diaryl/α,β-unsaturated/α-hetero) is 1. The zero-order valence-electron chi connectivity index (χ0n) is 17.1. The van der Waals surface area contributed by atoms with Crippen molar-refractivity contribution in [2.45, 2.75) is 25.8 Å². The van der Waals surface area contributed by atoms with Gasteiger partial charge in [0, 0.05) is 43.2 Å². The lowest BCUT2D eigenvalue weighted by Gasteiger charge is -2.35. The fraction of sp³-hybridized carbons (Fsp3) is 0.333. The van der Waals surface area contributed by atoms with E-state index in [9.17, 15) is 4.79 Å². The van der Waals surface area contributed by atoms with Crippen LogP contribution in [0.2, 0.25) is 5.02 Å². The molecule has 4 rings (SSSR count). The molecule has 1 aliphatic heterocycles. The Morgan fingerprint density at radius 1 is 1.20 bits per heavy atom. The van der Waals surface area contributed by atoms with Gasteiger partial charge in [0.05, 0.1) is 13.0 Å². The summed E-state index contributed by atoms with van der Waals surface area (Å²) in [5.74, 6) is 1.32. The minimum atomic E-state index is 0.140. The number of ketones is 1. The van der Waals surface area contributed by atoms with Crippen LogP contribution in [0.4, 0.5) is 0 Å². The van der Waals surface area contributed by atoms with Crippen molar-refractivity contribution in [3.05, 3.63) is 76.8 Å². The summed E-state index contributed by atoms with van der Waals surface area (Å²) in [5, 5.41) is 4.12. The Balaban J connectivity index is 1.44. The second-order valence-corrected chi connectivity index (χ2v) is 8.18. The molecule has 0 amide bonds. The van der Waals surface area contributed by atoms with Crippen LogP contribution in [0.15, 0.2) is 59.0 Å². The summed E-state index contributed by atoms with van der Waals surface area (Å²) in [6.07, 6.45) is 1.17. The molecule has 6 heteroatoms. The highest BCUT2D eigenvalue weighted by molar-refractivity contribution is 6.30. The van der Waals surface area contributed by atoms with Gasteiger partial charge < -0.3 is 9.73 Å². The number of benzene rings is 2. The van der Waals surface area contributed by atoms with E-state index in [0.29, 0.717) is 29.3 Å². The van der Waals surface area contributed by atoms with Crippen LogP contribution in [0.25, 0.3) is 11.3 Å². The van der Waals surface area contributed by atoms with E-state index in [1.807, 2.05) is 30.3 Å². The zero-order chi connectivity index (χ0) is 20.9. The van der Waals surface area contributed by atoms with Gasteiger partial charge in [-0.3, -0.25) is 9.69 Å². The van der Waals surface area contributed by atoms with Crippen LogP contribution in [0.3, 0.4) is 0 Å². The highest BCUT2D eigenvalue weighted by Gasteiger charge is 2.25. The van der Waals surface area contributed by atoms with Crippen molar-refractivity contribution in [2.75, 3.05) is 26.2 Å². The Morgan fingerprint density at radius 2 is 1.97 bits per heavy atom. The lowest BCUT2D eigenvalue weighted by molar-refractivity contribution is -0.120. The fourth-order valence-electron chi connectivity index (χ4n) is 3.98. The first-order valence-corrected chi connectivity index (χ1v) is 10.7. The Morgan fingerprint density at radius 3 is 2.73 bits per heavy atom. The summed E-state index contributed by atoms with van der Waals surface area (Å²) in [7, 11) is 0. The van der Waals surface area contributed by atoms with E-state index in [4.69, 9.17) is 16.0 Å². The molecule has 1 N–H and O–H groups in total. The van der Waals surface area contributed by atoms with Gasteiger partial charge in [-0.15, -0.1) is 0 Å². The van der Waals surface area contributed by atoms with Crippen molar-refractivity contribution in [3.63, 3.8) is 0 Å². The van der Waals surface area contributed by atoms with Gasteiger partial charge >= 0.3 is 0 Å². The van der Waals surface area contributed by atoms with E-state index in [1.54, 1.807) is 6.92 Å². The zero-order valence-corrected chi connectivity index (χ0v) is 17.9. The van der Waals surface area contributed by atoms with Crippen LogP contribution in [-0.4, -0.2) is 47.9 Å². The number of aryl methyl sites for hydroxylation is 1. The summed E-state index contributed by atoms with van der Waals surface area (Å²) in [5.41, 5.74) is 2.92. The van der Waals surface area contributed by atoms with Crippen LogP contribution in [0.1, 0.15) is 17.2 Å². The van der Waals surface area contributed by atoms with Gasteiger partial charge in [0.2, 0.25) is 0 Å². The molecule has 3 aromatic rings. The van der Waals surface area contributed by atoms with E-state index in [1.165, 1.54) is 5.56 Å². The van der Waals surface area contributed by atoms with Gasteiger partial charge in [-0.05, 0) is 24.1 Å². The summed E-state index contributed by atoms with van der Waals surface area (Å²) >= 11 is 6.00. The highest BCUT2D eigenvalue weighted by Crippen LogP contribution is 2.26. The Bertz CT molecular complexity index is 985. The maximum absolute atomic E-state index is 13.0. The number of nitrogens with zero attached hydrogens (tertiary/aromatic N) is 2. The number of aromatic nitrogens is 1. The van der Waals surface area contributed by atoms with Crippen LogP contribution in [0, 0.1) is 6.92 Å². The molecule has 0 aliphatic carbocycles. The van der Waals surface area contributed by atoms with Crippen LogP contribution >= 0.6 is 11.6 Å². The second-order valence-electron chi connectivity index (χ2n) is 7.75. The Labute approximate surface area is 182 Å². The van der Waals surface area contributed by atoms with Crippen LogP contribution in [-0.2, 0) is 17.6 Å². The van der Waals surface area contributed by atoms with Gasteiger partial charge in [-0.1, -0.05) is 54.1 Å². The molecule has 1 fully saturated rings. The van der Waals surface area contributed by atoms with Gasteiger partial charge in [-0.25, -0.2) is 4.98 Å². The summed E-state index contributed by atoms with van der Waals surface area (Å²) in [6, 6.07) is 18.2.